The van der Waals surface area contributed by atoms with Crippen LogP contribution in [0.25, 0.3) is 0 Å². The number of thiazole rings is 1. The molecular weight excluding hydrogens is 612 g/mol. The number of amides is 1. The Bertz CT molecular complexity index is 1170. The molecule has 0 aliphatic carbocycles. The highest BCUT2D eigenvalue weighted by atomic mass is 79.9. The molecule has 1 heterocycles. The lowest BCUT2D eigenvalue weighted by atomic mass is 10.1. The summed E-state index contributed by atoms with van der Waals surface area (Å²) in [6, 6.07) is 13.3. The normalized spacial score (nSPS) is 10.6. The van der Waals surface area contributed by atoms with Gasteiger partial charge in [-0.15, -0.1) is 0 Å². The van der Waals surface area contributed by atoms with Gasteiger partial charge in [0.25, 0.3) is 5.91 Å². The number of anilines is 1. The molecule has 2 aromatic carbocycles. The summed E-state index contributed by atoms with van der Waals surface area (Å²) in [7, 11) is 1.62. The molecule has 0 aliphatic rings. The topological polar surface area (TPSA) is 60.7 Å². The highest BCUT2D eigenvalue weighted by Crippen LogP contribution is 2.31. The molecule has 0 atom stereocenters. The van der Waals surface area contributed by atoms with Crippen molar-refractivity contribution in [1.29, 1.82) is 0 Å². The van der Waals surface area contributed by atoms with Crippen molar-refractivity contribution < 1.29 is 40.6 Å². The van der Waals surface area contributed by atoms with Gasteiger partial charge < -0.3 is 36.5 Å². The maximum atomic E-state index is 12.7. The van der Waals surface area contributed by atoms with E-state index in [-0.39, 0.29) is 29.5 Å². The number of nitrogens with one attached hydrogen (secondary N) is 1. The molecule has 3 rings (SSSR count). The van der Waals surface area contributed by atoms with Crippen molar-refractivity contribution >= 4 is 22.9 Å². The molecule has 232 valence electrons. The third-order valence-electron chi connectivity index (χ3n) is 7.27. The molecule has 1 aromatic heterocycles. The molecule has 0 radical (unpaired) electrons. The van der Waals surface area contributed by atoms with Gasteiger partial charge in [0.2, 0.25) is 5.51 Å². The number of carbonyl (C=O) groups is 1. The van der Waals surface area contributed by atoms with Crippen LogP contribution in [0.3, 0.4) is 0 Å². The van der Waals surface area contributed by atoms with E-state index in [1.54, 1.807) is 24.5 Å². The fraction of sp³-hybridized carbons (Fsp3) is 0.529. The largest absolute Gasteiger partial charge is 1.00 e. The summed E-state index contributed by atoms with van der Waals surface area (Å²) in [5, 5.41) is 5.10. The number of rotatable bonds is 21. The molecule has 1 N–H and O–H groups in total. The molecule has 0 unspecified atom stereocenters. The number of unbranched alkanes of at least 4 members (excludes halogenated alkanes) is 11. The zero-order valence-corrected chi connectivity index (χ0v) is 28.1. The second-order valence-corrected chi connectivity index (χ2v) is 11.4. The molecule has 8 heteroatoms. The number of para-hydroxylation sites is 1. The van der Waals surface area contributed by atoms with Crippen molar-refractivity contribution in [1.82, 2.24) is 0 Å². The summed E-state index contributed by atoms with van der Waals surface area (Å²) in [4.78, 5) is 12.7. The number of benzene rings is 2. The SMILES string of the molecule is CCCCCCCCCCCCCCOc1ccc(OCC(=O)Nc2ccccc2C[n+]2cscc2C)cc1OC.[Br-]. The Hall–Kier alpha value is -2.58. The second-order valence-electron chi connectivity index (χ2n) is 10.7. The average Bonchev–Trinajstić information content (AvgIpc) is 3.39. The van der Waals surface area contributed by atoms with Crippen LogP contribution in [0.1, 0.15) is 95.2 Å². The first kappa shape index (κ1) is 35.6. The van der Waals surface area contributed by atoms with Crippen LogP contribution in [-0.2, 0) is 11.3 Å². The maximum Gasteiger partial charge on any atom is 0.262 e. The molecule has 6 nitrogen and oxygen atoms in total. The fourth-order valence-electron chi connectivity index (χ4n) is 4.80. The third kappa shape index (κ3) is 13.2. The number of hydrogen-bond donors (Lipinski definition) is 1. The third-order valence-corrected chi connectivity index (χ3v) is 8.13. The average molecular weight is 662 g/mol. The molecule has 0 aliphatic heterocycles. The Morgan fingerprint density at radius 3 is 2.17 bits per heavy atom. The Balaban J connectivity index is 0.00000616. The standard InChI is InChI=1S/C34H48N2O4S.BrH/c1-4-5-6-7-8-9-10-11-12-13-14-17-22-39-32-21-20-30(23-33(32)38-3)40-25-34(37)35-31-19-16-15-18-29(31)24-36-27-41-26-28(36)2;/h15-16,18-21,23,26-27H,4-14,17,22,24-25H2,1-3H3;1H. The van der Waals surface area contributed by atoms with Gasteiger partial charge in [-0.1, -0.05) is 107 Å². The molecule has 42 heavy (non-hydrogen) atoms. The second kappa shape index (κ2) is 21.2. The van der Waals surface area contributed by atoms with Crippen LogP contribution in [0.2, 0.25) is 0 Å². The Kier molecular flexibility index (Phi) is 17.9. The van der Waals surface area contributed by atoms with E-state index in [2.05, 4.69) is 34.6 Å². The van der Waals surface area contributed by atoms with Crippen LogP contribution in [-0.4, -0.2) is 26.2 Å². The Morgan fingerprint density at radius 2 is 1.52 bits per heavy atom. The molecule has 1 amide bonds. The Morgan fingerprint density at radius 1 is 0.857 bits per heavy atom. The van der Waals surface area contributed by atoms with Gasteiger partial charge in [-0.05, 0) is 24.6 Å². The van der Waals surface area contributed by atoms with Crippen LogP contribution in [0, 0.1) is 6.92 Å². The minimum Gasteiger partial charge on any atom is -1.00 e. The number of carbonyl (C=O) groups excluding carboxylic acids is 1. The van der Waals surface area contributed by atoms with Crippen LogP contribution in [0.5, 0.6) is 17.2 Å². The molecule has 0 saturated heterocycles. The summed E-state index contributed by atoms with van der Waals surface area (Å²) in [6.07, 6.45) is 15.8. The molecule has 0 spiro atoms. The van der Waals surface area contributed by atoms with E-state index >= 15 is 0 Å². The Labute approximate surface area is 267 Å². The molecule has 0 bridgehead atoms. The van der Waals surface area contributed by atoms with E-state index in [4.69, 9.17) is 14.2 Å². The van der Waals surface area contributed by atoms with Crippen LogP contribution < -0.4 is 41.1 Å². The van der Waals surface area contributed by atoms with E-state index in [1.165, 1.54) is 76.3 Å². The first-order valence-corrected chi connectivity index (χ1v) is 16.3. The van der Waals surface area contributed by atoms with E-state index < -0.39 is 0 Å². The highest BCUT2D eigenvalue weighted by Gasteiger charge is 2.14. The minimum absolute atomic E-state index is 0. The van der Waals surface area contributed by atoms with E-state index in [9.17, 15) is 4.79 Å². The molecule has 3 aromatic rings. The quantitative estimate of drug-likeness (QED) is 0.121. The number of aromatic nitrogens is 1. The molecular formula is C34H49BrN2O4S. The predicted octanol–water partition coefficient (Wildman–Crippen LogP) is 5.50. The lowest BCUT2D eigenvalue weighted by Crippen LogP contribution is -3.00. The van der Waals surface area contributed by atoms with E-state index in [0.29, 0.717) is 30.4 Å². The zero-order chi connectivity index (χ0) is 29.1. The van der Waals surface area contributed by atoms with Gasteiger partial charge in [-0.2, -0.15) is 4.57 Å². The number of nitrogens with zero attached hydrogens (tertiary/aromatic N) is 1. The number of methoxy groups -OCH3 is 1. The van der Waals surface area contributed by atoms with E-state index in [0.717, 1.165) is 17.7 Å². The van der Waals surface area contributed by atoms with Gasteiger partial charge in [0, 0.05) is 18.6 Å². The first-order valence-electron chi connectivity index (χ1n) is 15.3. The maximum absolute atomic E-state index is 12.7. The molecule has 0 fully saturated rings. The van der Waals surface area contributed by atoms with Gasteiger partial charge in [0.05, 0.1) is 24.8 Å². The van der Waals surface area contributed by atoms with Gasteiger partial charge in [0.15, 0.2) is 30.3 Å². The zero-order valence-electron chi connectivity index (χ0n) is 25.7. The minimum atomic E-state index is -0.212. The molecule has 0 saturated carbocycles. The van der Waals surface area contributed by atoms with Crippen LogP contribution in [0.15, 0.2) is 53.4 Å². The van der Waals surface area contributed by atoms with E-state index in [1.807, 2.05) is 36.4 Å². The predicted molar refractivity (Wildman–Crippen MR) is 168 cm³/mol. The summed E-state index contributed by atoms with van der Waals surface area (Å²) < 4.78 is 19.4. The van der Waals surface area contributed by atoms with Crippen LogP contribution >= 0.6 is 11.3 Å². The van der Waals surface area contributed by atoms with Gasteiger partial charge >= 0.3 is 0 Å². The fourth-order valence-corrected chi connectivity index (χ4v) is 5.58. The van der Waals surface area contributed by atoms with Crippen molar-refractivity contribution in [2.45, 2.75) is 97.4 Å². The van der Waals surface area contributed by atoms with Gasteiger partial charge in [0.1, 0.15) is 5.75 Å². The number of halogens is 1. The number of aryl methyl sites for hydroxylation is 1. The van der Waals surface area contributed by atoms with Crippen molar-refractivity contribution in [2.75, 3.05) is 25.6 Å². The van der Waals surface area contributed by atoms with Crippen molar-refractivity contribution in [3.05, 3.63) is 64.6 Å². The van der Waals surface area contributed by atoms with Crippen LogP contribution in [0.4, 0.5) is 5.69 Å². The smallest absolute Gasteiger partial charge is 0.262 e. The van der Waals surface area contributed by atoms with Gasteiger partial charge in [-0.3, -0.25) is 4.79 Å². The van der Waals surface area contributed by atoms with Crippen molar-refractivity contribution in [3.63, 3.8) is 0 Å². The summed E-state index contributed by atoms with van der Waals surface area (Å²) in [6.45, 7) is 5.62. The monoisotopic (exact) mass is 660 g/mol. The summed E-state index contributed by atoms with van der Waals surface area (Å²) in [5.41, 5.74) is 5.10. The lowest BCUT2D eigenvalue weighted by molar-refractivity contribution is -0.689. The highest BCUT2D eigenvalue weighted by molar-refractivity contribution is 7.07. The summed E-state index contributed by atoms with van der Waals surface area (Å²) in [5.74, 6) is 1.65. The number of hydrogen-bond acceptors (Lipinski definition) is 5. The lowest BCUT2D eigenvalue weighted by Gasteiger charge is -2.13. The van der Waals surface area contributed by atoms with Crippen molar-refractivity contribution in [2.24, 2.45) is 0 Å². The summed E-state index contributed by atoms with van der Waals surface area (Å²) >= 11 is 1.66. The number of ether oxygens (including phenoxy) is 3. The van der Waals surface area contributed by atoms with Crippen molar-refractivity contribution in [3.8, 4) is 17.2 Å². The first-order chi connectivity index (χ1) is 20.1. The van der Waals surface area contributed by atoms with Gasteiger partial charge in [-0.25, -0.2) is 0 Å².